The molecular weight excluding hydrogens is 412 g/mol. The topological polar surface area (TPSA) is 68.1 Å². The maximum absolute atomic E-state index is 12.9. The Morgan fingerprint density at radius 1 is 1.10 bits per heavy atom. The minimum absolute atomic E-state index is 0.234. The van der Waals surface area contributed by atoms with Gasteiger partial charge in [0.15, 0.2) is 16.5 Å². The normalized spacial score (nSPS) is 11.1. The summed E-state index contributed by atoms with van der Waals surface area (Å²) in [6.07, 6.45) is 4.09. The van der Waals surface area contributed by atoms with Gasteiger partial charge in [0.2, 0.25) is 0 Å². The van der Waals surface area contributed by atoms with Gasteiger partial charge >= 0.3 is 0 Å². The molecule has 0 unspecified atom stereocenters. The first-order chi connectivity index (χ1) is 15.0. The SMILES string of the molecule is COc1ccc(C(=O)Nc2ccccc2-c2cn3cc(CN(C)C)sc3n2)cc1OC. The summed E-state index contributed by atoms with van der Waals surface area (Å²) in [6, 6.07) is 12.7. The Morgan fingerprint density at radius 2 is 1.87 bits per heavy atom. The standard InChI is InChI=1S/C23H24N4O3S/c1-26(2)12-16-13-27-14-19(25-23(27)31-16)17-7-5-6-8-18(17)24-22(28)15-9-10-20(29-3)21(11-15)30-4/h5-11,13-14H,12H2,1-4H3,(H,24,28). The molecule has 2 aromatic carbocycles. The van der Waals surface area contributed by atoms with E-state index in [0.717, 1.165) is 22.8 Å². The average Bonchev–Trinajstić information content (AvgIpc) is 3.31. The fraction of sp³-hybridized carbons (Fsp3) is 0.217. The van der Waals surface area contributed by atoms with Crippen LogP contribution in [0.5, 0.6) is 11.5 Å². The van der Waals surface area contributed by atoms with Gasteiger partial charge in [-0.15, -0.1) is 0 Å². The fourth-order valence-corrected chi connectivity index (χ4v) is 4.42. The summed E-state index contributed by atoms with van der Waals surface area (Å²) in [7, 11) is 7.20. The van der Waals surface area contributed by atoms with Gasteiger partial charge in [0.25, 0.3) is 5.91 Å². The monoisotopic (exact) mass is 436 g/mol. The summed E-state index contributed by atoms with van der Waals surface area (Å²) >= 11 is 1.66. The van der Waals surface area contributed by atoms with Gasteiger partial charge in [-0.1, -0.05) is 29.5 Å². The van der Waals surface area contributed by atoms with Gasteiger partial charge in [-0.05, 0) is 38.4 Å². The van der Waals surface area contributed by atoms with Crippen molar-refractivity contribution in [3.63, 3.8) is 0 Å². The number of ether oxygens (including phenoxy) is 2. The van der Waals surface area contributed by atoms with Crippen LogP contribution in [0.15, 0.2) is 54.9 Å². The van der Waals surface area contributed by atoms with Gasteiger partial charge in [0, 0.05) is 34.9 Å². The number of fused-ring (bicyclic) bond motifs is 1. The first kappa shape index (κ1) is 20.9. The number of carbonyl (C=O) groups excluding carboxylic acids is 1. The highest BCUT2D eigenvalue weighted by Crippen LogP contribution is 2.31. The number of benzene rings is 2. The van der Waals surface area contributed by atoms with Crippen LogP contribution in [0.2, 0.25) is 0 Å². The Bertz CT molecular complexity index is 1200. The fourth-order valence-electron chi connectivity index (χ4n) is 3.35. The molecular formula is C23H24N4O3S. The number of hydrogen-bond acceptors (Lipinski definition) is 6. The molecule has 0 aliphatic rings. The molecule has 4 rings (SSSR count). The number of carbonyl (C=O) groups is 1. The Hall–Kier alpha value is -3.36. The molecule has 2 aromatic heterocycles. The van der Waals surface area contributed by atoms with Crippen LogP contribution >= 0.6 is 11.3 Å². The molecule has 0 bridgehead atoms. The van der Waals surface area contributed by atoms with Crippen LogP contribution in [-0.2, 0) is 6.54 Å². The van der Waals surface area contributed by atoms with Crippen molar-refractivity contribution in [1.29, 1.82) is 0 Å². The number of nitrogens with zero attached hydrogens (tertiary/aromatic N) is 3. The van der Waals surface area contributed by atoms with E-state index in [1.54, 1.807) is 43.8 Å². The molecule has 0 fully saturated rings. The molecule has 8 heteroatoms. The number of aromatic nitrogens is 2. The van der Waals surface area contributed by atoms with E-state index in [1.165, 1.54) is 4.88 Å². The summed E-state index contributed by atoms with van der Waals surface area (Å²) in [6.45, 7) is 0.876. The van der Waals surface area contributed by atoms with Crippen LogP contribution in [0.25, 0.3) is 16.2 Å². The molecule has 31 heavy (non-hydrogen) atoms. The zero-order chi connectivity index (χ0) is 22.0. The van der Waals surface area contributed by atoms with Crippen molar-refractivity contribution in [2.45, 2.75) is 6.54 Å². The quantitative estimate of drug-likeness (QED) is 0.465. The Morgan fingerprint density at radius 3 is 2.58 bits per heavy atom. The first-order valence-corrected chi connectivity index (χ1v) is 10.5. The predicted molar refractivity (Wildman–Crippen MR) is 123 cm³/mol. The molecule has 0 saturated carbocycles. The molecule has 0 radical (unpaired) electrons. The van der Waals surface area contributed by atoms with Gasteiger partial charge < -0.3 is 19.7 Å². The molecule has 0 aliphatic carbocycles. The van der Waals surface area contributed by atoms with E-state index in [9.17, 15) is 4.79 Å². The number of methoxy groups -OCH3 is 2. The van der Waals surface area contributed by atoms with E-state index in [2.05, 4.69) is 16.4 Å². The van der Waals surface area contributed by atoms with E-state index in [4.69, 9.17) is 14.5 Å². The minimum atomic E-state index is -0.234. The average molecular weight is 437 g/mol. The smallest absolute Gasteiger partial charge is 0.255 e. The van der Waals surface area contributed by atoms with Crippen LogP contribution in [-0.4, -0.2) is 48.5 Å². The molecule has 1 N–H and O–H groups in total. The highest BCUT2D eigenvalue weighted by molar-refractivity contribution is 7.17. The van der Waals surface area contributed by atoms with Crippen LogP contribution in [0.3, 0.4) is 0 Å². The summed E-state index contributed by atoms with van der Waals surface area (Å²) < 4.78 is 12.6. The maximum atomic E-state index is 12.9. The largest absolute Gasteiger partial charge is 0.493 e. The third-order valence-electron chi connectivity index (χ3n) is 4.77. The molecule has 160 valence electrons. The number of amides is 1. The van der Waals surface area contributed by atoms with Crippen LogP contribution in [0.4, 0.5) is 5.69 Å². The van der Waals surface area contributed by atoms with Gasteiger partial charge in [0.05, 0.1) is 25.6 Å². The summed E-state index contributed by atoms with van der Waals surface area (Å²) in [5.74, 6) is 0.847. The van der Waals surface area contributed by atoms with Crippen molar-refractivity contribution in [3.05, 3.63) is 65.3 Å². The van der Waals surface area contributed by atoms with Crippen molar-refractivity contribution in [3.8, 4) is 22.8 Å². The molecule has 0 aliphatic heterocycles. The van der Waals surface area contributed by atoms with Gasteiger partial charge in [-0.2, -0.15) is 0 Å². The minimum Gasteiger partial charge on any atom is -0.493 e. The number of nitrogens with one attached hydrogen (secondary N) is 1. The predicted octanol–water partition coefficient (Wildman–Crippen LogP) is 4.39. The third kappa shape index (κ3) is 4.40. The Labute approximate surface area is 184 Å². The van der Waals surface area contributed by atoms with Crippen molar-refractivity contribution < 1.29 is 14.3 Å². The zero-order valence-electron chi connectivity index (χ0n) is 17.9. The van der Waals surface area contributed by atoms with Crippen molar-refractivity contribution >= 4 is 27.9 Å². The van der Waals surface area contributed by atoms with Crippen LogP contribution < -0.4 is 14.8 Å². The van der Waals surface area contributed by atoms with E-state index >= 15 is 0 Å². The number of para-hydroxylation sites is 1. The Kier molecular flexibility index (Phi) is 5.92. The second-order valence-electron chi connectivity index (χ2n) is 7.32. The lowest BCUT2D eigenvalue weighted by Gasteiger charge is -2.12. The van der Waals surface area contributed by atoms with E-state index in [1.807, 2.05) is 49.0 Å². The second-order valence-corrected chi connectivity index (χ2v) is 8.41. The number of rotatable bonds is 7. The second kappa shape index (κ2) is 8.79. The zero-order valence-corrected chi connectivity index (χ0v) is 18.7. The maximum Gasteiger partial charge on any atom is 0.255 e. The Balaban J connectivity index is 1.61. The molecule has 7 nitrogen and oxygen atoms in total. The number of thiazole rings is 1. The van der Waals surface area contributed by atoms with Crippen molar-refractivity contribution in [2.24, 2.45) is 0 Å². The lowest BCUT2D eigenvalue weighted by molar-refractivity contribution is 0.102. The summed E-state index contributed by atoms with van der Waals surface area (Å²) in [5, 5.41) is 3.00. The molecule has 0 saturated heterocycles. The van der Waals surface area contributed by atoms with Gasteiger partial charge in [0.1, 0.15) is 0 Å². The molecule has 0 atom stereocenters. The van der Waals surface area contributed by atoms with Crippen molar-refractivity contribution in [1.82, 2.24) is 14.3 Å². The molecule has 2 heterocycles. The number of imidazole rings is 1. The van der Waals surface area contributed by atoms with Crippen molar-refractivity contribution in [2.75, 3.05) is 33.6 Å². The third-order valence-corrected chi connectivity index (χ3v) is 5.75. The van der Waals surface area contributed by atoms with Crippen LogP contribution in [0, 0.1) is 0 Å². The number of hydrogen-bond donors (Lipinski definition) is 1. The van der Waals surface area contributed by atoms with Crippen LogP contribution in [0.1, 0.15) is 15.2 Å². The lowest BCUT2D eigenvalue weighted by Crippen LogP contribution is -2.13. The van der Waals surface area contributed by atoms with E-state index in [-0.39, 0.29) is 5.91 Å². The highest BCUT2D eigenvalue weighted by atomic mass is 32.1. The number of anilines is 1. The van der Waals surface area contributed by atoms with E-state index < -0.39 is 0 Å². The van der Waals surface area contributed by atoms with Gasteiger partial charge in [-0.3, -0.25) is 9.20 Å². The van der Waals surface area contributed by atoms with Gasteiger partial charge in [-0.25, -0.2) is 4.98 Å². The molecule has 1 amide bonds. The summed E-state index contributed by atoms with van der Waals surface area (Å²) in [5.41, 5.74) is 2.85. The lowest BCUT2D eigenvalue weighted by atomic mass is 10.1. The molecule has 0 spiro atoms. The summed E-state index contributed by atoms with van der Waals surface area (Å²) in [4.78, 5) is 22.0. The molecule has 4 aromatic rings. The first-order valence-electron chi connectivity index (χ1n) is 9.73. The highest BCUT2D eigenvalue weighted by Gasteiger charge is 2.15. The van der Waals surface area contributed by atoms with E-state index in [0.29, 0.717) is 22.7 Å².